The van der Waals surface area contributed by atoms with Crippen molar-refractivity contribution in [3.63, 3.8) is 0 Å². The Morgan fingerprint density at radius 1 is 0.854 bits per heavy atom. The van der Waals surface area contributed by atoms with Crippen molar-refractivity contribution >= 4 is 35.0 Å². The first-order valence-corrected chi connectivity index (χ1v) is 13.0. The van der Waals surface area contributed by atoms with Gasteiger partial charge in [-0.1, -0.05) is 48.6 Å². The topological polar surface area (TPSA) is 98.0 Å². The van der Waals surface area contributed by atoms with Crippen LogP contribution in [0.2, 0.25) is 0 Å². The number of para-hydroxylation sites is 1. The van der Waals surface area contributed by atoms with Crippen molar-refractivity contribution in [3.05, 3.63) is 107 Å². The molecule has 4 aromatic rings. The zero-order valence-corrected chi connectivity index (χ0v) is 22.1. The van der Waals surface area contributed by atoms with Crippen LogP contribution in [0.5, 0.6) is 11.5 Å². The number of rotatable bonds is 14. The zero-order valence-electron chi connectivity index (χ0n) is 22.1. The SMILES string of the molecule is O=C(O)CCCc1cn(CC(=O)O)c2c(/C=C/c3ccc(OC/C=C\COc4cccc(F)c4F)cc3)cccc12. The minimum atomic E-state index is -1.02. The average Bonchev–Trinajstić information content (AvgIpc) is 3.29. The van der Waals surface area contributed by atoms with Crippen molar-refractivity contribution in [1.29, 1.82) is 0 Å². The highest BCUT2D eigenvalue weighted by Gasteiger charge is 2.14. The van der Waals surface area contributed by atoms with E-state index in [-0.39, 0.29) is 31.9 Å². The van der Waals surface area contributed by atoms with E-state index in [1.807, 2.05) is 54.6 Å². The standard InChI is InChI=1S/C32H29F2NO6/c33-27-9-5-10-28(31(27)34)41-19-2-1-18-40-25-16-13-22(14-17-25)12-15-23-6-3-8-26-24(7-4-11-29(36)37)20-35(32(23)26)21-30(38)39/h1-3,5-6,8-10,12-17,20H,4,7,11,18-19,21H2,(H,36,37)(H,38,39)/b2-1-,15-12+. The van der Waals surface area contributed by atoms with E-state index in [9.17, 15) is 23.5 Å². The first-order chi connectivity index (χ1) is 19.8. The highest BCUT2D eigenvalue weighted by molar-refractivity contribution is 5.94. The van der Waals surface area contributed by atoms with Crippen molar-refractivity contribution in [2.45, 2.75) is 25.8 Å². The van der Waals surface area contributed by atoms with Gasteiger partial charge in [0.1, 0.15) is 25.5 Å². The van der Waals surface area contributed by atoms with Gasteiger partial charge in [0.2, 0.25) is 5.82 Å². The van der Waals surface area contributed by atoms with Gasteiger partial charge in [-0.2, -0.15) is 4.39 Å². The predicted molar refractivity (Wildman–Crippen MR) is 152 cm³/mol. The van der Waals surface area contributed by atoms with Crippen LogP contribution in [-0.2, 0) is 22.6 Å². The predicted octanol–water partition coefficient (Wildman–Crippen LogP) is 6.60. The summed E-state index contributed by atoms with van der Waals surface area (Å²) in [4.78, 5) is 22.4. The molecule has 2 N–H and O–H groups in total. The van der Waals surface area contributed by atoms with Crippen LogP contribution in [0.3, 0.4) is 0 Å². The number of hydrogen-bond acceptors (Lipinski definition) is 4. The van der Waals surface area contributed by atoms with Crippen LogP contribution in [-0.4, -0.2) is 39.9 Å². The third-order valence-corrected chi connectivity index (χ3v) is 6.25. The largest absolute Gasteiger partial charge is 0.490 e. The molecule has 1 aromatic heterocycles. The Hall–Kier alpha value is -4.92. The van der Waals surface area contributed by atoms with E-state index in [1.54, 1.807) is 22.9 Å². The van der Waals surface area contributed by atoms with Crippen LogP contribution in [0.1, 0.15) is 29.5 Å². The second-order valence-corrected chi connectivity index (χ2v) is 9.21. The molecule has 0 atom stereocenters. The summed E-state index contributed by atoms with van der Waals surface area (Å²) in [5.74, 6) is -3.31. The van der Waals surface area contributed by atoms with E-state index in [2.05, 4.69) is 0 Å². The summed E-state index contributed by atoms with van der Waals surface area (Å²) in [7, 11) is 0. The third-order valence-electron chi connectivity index (χ3n) is 6.25. The highest BCUT2D eigenvalue weighted by atomic mass is 19.2. The second-order valence-electron chi connectivity index (χ2n) is 9.21. The van der Waals surface area contributed by atoms with Gasteiger partial charge >= 0.3 is 11.9 Å². The van der Waals surface area contributed by atoms with E-state index in [1.165, 1.54) is 12.1 Å². The molecule has 1 heterocycles. The number of carboxylic acid groups (broad SMARTS) is 2. The summed E-state index contributed by atoms with van der Waals surface area (Å²) in [5, 5.41) is 19.3. The molecule has 41 heavy (non-hydrogen) atoms. The molecule has 0 unspecified atom stereocenters. The van der Waals surface area contributed by atoms with Crippen molar-refractivity contribution in [2.75, 3.05) is 13.2 Å². The van der Waals surface area contributed by atoms with Gasteiger partial charge in [-0.3, -0.25) is 9.59 Å². The van der Waals surface area contributed by atoms with E-state index < -0.39 is 23.6 Å². The molecule has 0 aliphatic carbocycles. The summed E-state index contributed by atoms with van der Waals surface area (Å²) in [6.07, 6.45) is 10.1. The van der Waals surface area contributed by atoms with Gasteiger partial charge in [0, 0.05) is 18.0 Å². The molecule has 9 heteroatoms. The fraction of sp³-hybridized carbons (Fsp3) is 0.188. The molecule has 0 saturated heterocycles. The van der Waals surface area contributed by atoms with Crippen LogP contribution < -0.4 is 9.47 Å². The first kappa shape index (κ1) is 29.1. The first-order valence-electron chi connectivity index (χ1n) is 13.0. The minimum Gasteiger partial charge on any atom is -0.490 e. The molecule has 3 aromatic carbocycles. The van der Waals surface area contributed by atoms with E-state index in [0.29, 0.717) is 18.6 Å². The number of fused-ring (bicyclic) bond motifs is 1. The summed E-state index contributed by atoms with van der Waals surface area (Å²) in [6.45, 7) is 0.135. The molecule has 0 amide bonds. The number of hydrogen-bond donors (Lipinski definition) is 2. The Morgan fingerprint density at radius 2 is 1.59 bits per heavy atom. The summed E-state index contributed by atoms with van der Waals surface area (Å²) >= 11 is 0. The number of aryl methyl sites for hydroxylation is 1. The zero-order chi connectivity index (χ0) is 29.2. The molecule has 0 aliphatic heterocycles. The summed E-state index contributed by atoms with van der Waals surface area (Å²) in [6, 6.07) is 16.9. The van der Waals surface area contributed by atoms with Gasteiger partial charge in [0.15, 0.2) is 11.6 Å². The lowest BCUT2D eigenvalue weighted by atomic mass is 10.0. The molecule has 0 saturated carbocycles. The van der Waals surface area contributed by atoms with Crippen molar-refractivity contribution in [2.24, 2.45) is 0 Å². The minimum absolute atomic E-state index is 0.0490. The van der Waals surface area contributed by atoms with Gasteiger partial charge in [-0.05, 0) is 65.9 Å². The Labute approximate surface area is 235 Å². The van der Waals surface area contributed by atoms with Gasteiger partial charge in [-0.15, -0.1) is 0 Å². The molecular formula is C32H29F2NO6. The van der Waals surface area contributed by atoms with Crippen LogP contribution >= 0.6 is 0 Å². The fourth-order valence-electron chi connectivity index (χ4n) is 4.37. The molecule has 4 rings (SSSR count). The van der Waals surface area contributed by atoms with E-state index >= 15 is 0 Å². The molecule has 0 spiro atoms. The van der Waals surface area contributed by atoms with Gasteiger partial charge < -0.3 is 24.3 Å². The lowest BCUT2D eigenvalue weighted by Gasteiger charge is -2.06. The number of carboxylic acids is 2. The van der Waals surface area contributed by atoms with Crippen LogP contribution in [0, 0.1) is 11.6 Å². The normalized spacial score (nSPS) is 11.5. The Bertz CT molecular complexity index is 1570. The fourth-order valence-corrected chi connectivity index (χ4v) is 4.37. The Balaban J connectivity index is 1.37. The quantitative estimate of drug-likeness (QED) is 0.133. The maximum Gasteiger partial charge on any atom is 0.323 e. The summed E-state index contributed by atoms with van der Waals surface area (Å²) < 4.78 is 39.4. The number of halogens is 2. The number of carbonyl (C=O) groups is 2. The molecular weight excluding hydrogens is 532 g/mol. The van der Waals surface area contributed by atoms with Gasteiger partial charge in [0.25, 0.3) is 0 Å². The number of nitrogens with zero attached hydrogens (tertiary/aromatic N) is 1. The van der Waals surface area contributed by atoms with E-state index in [4.69, 9.17) is 14.6 Å². The second kappa shape index (κ2) is 13.9. The molecule has 0 fully saturated rings. The molecule has 0 aliphatic rings. The van der Waals surface area contributed by atoms with Gasteiger partial charge in [0.05, 0.1) is 5.52 Å². The lowest BCUT2D eigenvalue weighted by molar-refractivity contribution is -0.138. The maximum absolute atomic E-state index is 13.6. The van der Waals surface area contributed by atoms with Crippen LogP contribution in [0.4, 0.5) is 8.78 Å². The molecule has 0 bridgehead atoms. The monoisotopic (exact) mass is 561 g/mol. The highest BCUT2D eigenvalue weighted by Crippen LogP contribution is 2.28. The molecule has 7 nitrogen and oxygen atoms in total. The Morgan fingerprint density at radius 3 is 2.32 bits per heavy atom. The lowest BCUT2D eigenvalue weighted by Crippen LogP contribution is -2.07. The number of benzene rings is 3. The number of aliphatic carboxylic acids is 2. The molecule has 212 valence electrons. The number of aromatic nitrogens is 1. The molecule has 0 radical (unpaired) electrons. The maximum atomic E-state index is 13.6. The van der Waals surface area contributed by atoms with Gasteiger partial charge in [-0.25, -0.2) is 4.39 Å². The third kappa shape index (κ3) is 8.04. The smallest absolute Gasteiger partial charge is 0.323 e. The van der Waals surface area contributed by atoms with Crippen molar-refractivity contribution in [1.82, 2.24) is 4.57 Å². The number of ether oxygens (including phenoxy) is 2. The van der Waals surface area contributed by atoms with Crippen molar-refractivity contribution in [3.8, 4) is 11.5 Å². The van der Waals surface area contributed by atoms with Crippen molar-refractivity contribution < 1.29 is 38.1 Å². The van der Waals surface area contributed by atoms with Crippen LogP contribution in [0.25, 0.3) is 23.1 Å². The van der Waals surface area contributed by atoms with Crippen LogP contribution in [0.15, 0.2) is 79.0 Å². The average molecular weight is 562 g/mol. The van der Waals surface area contributed by atoms with E-state index in [0.717, 1.165) is 33.7 Å². The Kier molecular flexibility index (Phi) is 9.88. The summed E-state index contributed by atoms with van der Waals surface area (Å²) in [5.41, 5.74) is 3.46.